The molecule has 1 atom stereocenters. The minimum absolute atomic E-state index is 0.0323. The van der Waals surface area contributed by atoms with Gasteiger partial charge in [-0.15, -0.1) is 0 Å². The van der Waals surface area contributed by atoms with Crippen LogP contribution in [0.25, 0.3) is 0 Å². The van der Waals surface area contributed by atoms with E-state index >= 15 is 0 Å². The van der Waals surface area contributed by atoms with Gasteiger partial charge in [0.2, 0.25) is 0 Å². The molecular weight excluding hydrogens is 229 g/mol. The fourth-order valence-corrected chi connectivity index (χ4v) is 2.23. The fraction of sp³-hybridized carbons (Fsp3) is 0.500. The number of halogens is 3. The summed E-state index contributed by atoms with van der Waals surface area (Å²) in [5.74, 6) is -1.35. The van der Waals surface area contributed by atoms with E-state index in [2.05, 4.69) is 5.32 Å². The number of hydrogen-bond donors (Lipinski definition) is 1. The van der Waals surface area contributed by atoms with Crippen LogP contribution in [0, 0.1) is 0 Å². The molecule has 0 spiro atoms. The van der Waals surface area contributed by atoms with Crippen molar-refractivity contribution in [1.29, 1.82) is 0 Å². The van der Waals surface area contributed by atoms with Crippen LogP contribution >= 0.6 is 0 Å². The van der Waals surface area contributed by atoms with Crippen LogP contribution in [0.15, 0.2) is 24.3 Å². The summed E-state index contributed by atoms with van der Waals surface area (Å²) in [4.78, 5) is 1.80. The van der Waals surface area contributed by atoms with E-state index in [-0.39, 0.29) is 6.54 Å². The summed E-state index contributed by atoms with van der Waals surface area (Å²) < 4.78 is 38.7. The first-order valence-corrected chi connectivity index (χ1v) is 5.59. The molecule has 94 valence electrons. The lowest BCUT2D eigenvalue weighted by Crippen LogP contribution is -2.32. The molecule has 0 amide bonds. The first-order valence-electron chi connectivity index (χ1n) is 5.59. The number of nitrogens with zero attached hydrogens (tertiary/aromatic N) is 1. The number of likely N-dealkylation sites (N-methyl/N-ethyl adjacent to an activating group) is 1. The van der Waals surface area contributed by atoms with E-state index < -0.39 is 12.1 Å². The Balaban J connectivity index is 2.26. The predicted molar refractivity (Wildman–Crippen MR) is 61.4 cm³/mol. The van der Waals surface area contributed by atoms with Crippen molar-refractivity contribution in [3.63, 3.8) is 0 Å². The van der Waals surface area contributed by atoms with Gasteiger partial charge in [0, 0.05) is 25.3 Å². The summed E-state index contributed by atoms with van der Waals surface area (Å²) >= 11 is 0. The third-order valence-corrected chi connectivity index (χ3v) is 3.08. The number of alkyl halides is 3. The zero-order valence-corrected chi connectivity index (χ0v) is 9.59. The van der Waals surface area contributed by atoms with Gasteiger partial charge in [0.05, 0.1) is 5.92 Å². The molecule has 1 aliphatic rings. The molecule has 0 radical (unpaired) electrons. The molecule has 0 aliphatic carbocycles. The van der Waals surface area contributed by atoms with Crippen molar-refractivity contribution in [3.05, 3.63) is 29.8 Å². The third-order valence-electron chi connectivity index (χ3n) is 3.08. The molecule has 0 bridgehead atoms. The van der Waals surface area contributed by atoms with E-state index in [4.69, 9.17) is 0 Å². The number of hydrogen-bond acceptors (Lipinski definition) is 2. The lowest BCUT2D eigenvalue weighted by atomic mass is 10.0. The minimum atomic E-state index is -4.16. The maximum Gasteiger partial charge on any atom is 0.397 e. The summed E-state index contributed by atoms with van der Waals surface area (Å²) in [6, 6.07) is 6.78. The predicted octanol–water partition coefficient (Wildman–Crippen LogP) is 2.37. The third kappa shape index (κ3) is 2.39. The van der Waals surface area contributed by atoms with Crippen LogP contribution in [-0.2, 0) is 0 Å². The summed E-state index contributed by atoms with van der Waals surface area (Å²) in [6.45, 7) is 1.31. The number of nitrogens with one attached hydrogen (secondary N) is 1. The maximum absolute atomic E-state index is 12.9. The normalized spacial score (nSPS) is 19.5. The van der Waals surface area contributed by atoms with Crippen molar-refractivity contribution >= 4 is 5.69 Å². The van der Waals surface area contributed by atoms with Gasteiger partial charge in [-0.3, -0.25) is 0 Å². The van der Waals surface area contributed by atoms with Crippen LogP contribution in [0.2, 0.25) is 0 Å². The van der Waals surface area contributed by atoms with E-state index in [9.17, 15) is 13.2 Å². The van der Waals surface area contributed by atoms with Crippen molar-refractivity contribution in [2.24, 2.45) is 0 Å². The molecular formula is C12H15F3N2. The molecule has 0 aromatic heterocycles. The quantitative estimate of drug-likeness (QED) is 0.878. The Bertz CT molecular complexity index is 390. The van der Waals surface area contributed by atoms with Gasteiger partial charge >= 0.3 is 6.18 Å². The summed E-state index contributed by atoms with van der Waals surface area (Å²) in [7, 11) is 1.79. The van der Waals surface area contributed by atoms with Crippen LogP contribution in [0.5, 0.6) is 0 Å². The van der Waals surface area contributed by atoms with E-state index in [1.165, 1.54) is 0 Å². The molecule has 2 rings (SSSR count). The zero-order chi connectivity index (χ0) is 12.5. The van der Waals surface area contributed by atoms with E-state index in [0.717, 1.165) is 0 Å². The highest BCUT2D eigenvalue weighted by molar-refractivity contribution is 5.60. The molecule has 0 saturated carbocycles. The van der Waals surface area contributed by atoms with Gasteiger partial charge in [-0.2, -0.15) is 13.2 Å². The SMILES string of the molecule is CNCCN1CC(C(F)(F)F)c2ccccc21. The minimum Gasteiger partial charge on any atom is -0.369 e. The van der Waals surface area contributed by atoms with Gasteiger partial charge in [0.25, 0.3) is 0 Å². The highest BCUT2D eigenvalue weighted by Gasteiger charge is 2.46. The van der Waals surface area contributed by atoms with Crippen molar-refractivity contribution in [3.8, 4) is 0 Å². The van der Waals surface area contributed by atoms with Crippen LogP contribution < -0.4 is 10.2 Å². The molecule has 1 aromatic rings. The van der Waals surface area contributed by atoms with Crippen LogP contribution in [0.4, 0.5) is 18.9 Å². The largest absolute Gasteiger partial charge is 0.397 e. The van der Waals surface area contributed by atoms with E-state index in [1.807, 2.05) is 0 Å². The average molecular weight is 244 g/mol. The smallest absolute Gasteiger partial charge is 0.369 e. The second-order valence-electron chi connectivity index (χ2n) is 4.20. The topological polar surface area (TPSA) is 15.3 Å². The number of rotatable bonds is 3. The molecule has 1 N–H and O–H groups in total. The maximum atomic E-state index is 12.9. The number of anilines is 1. The van der Waals surface area contributed by atoms with Gasteiger partial charge in [0.15, 0.2) is 0 Å². The van der Waals surface area contributed by atoms with Crippen molar-refractivity contribution in [2.45, 2.75) is 12.1 Å². The van der Waals surface area contributed by atoms with Crippen molar-refractivity contribution < 1.29 is 13.2 Å². The molecule has 1 unspecified atom stereocenters. The lowest BCUT2D eigenvalue weighted by Gasteiger charge is -2.20. The first-order chi connectivity index (χ1) is 8.04. The molecule has 17 heavy (non-hydrogen) atoms. The molecule has 0 saturated heterocycles. The molecule has 1 aliphatic heterocycles. The zero-order valence-electron chi connectivity index (χ0n) is 9.59. The average Bonchev–Trinajstić information content (AvgIpc) is 2.65. The van der Waals surface area contributed by atoms with Crippen molar-refractivity contribution in [1.82, 2.24) is 5.32 Å². The van der Waals surface area contributed by atoms with E-state index in [1.54, 1.807) is 36.2 Å². The second-order valence-corrected chi connectivity index (χ2v) is 4.20. The van der Waals surface area contributed by atoms with Gasteiger partial charge in [0.1, 0.15) is 0 Å². The Kier molecular flexibility index (Phi) is 3.28. The van der Waals surface area contributed by atoms with Crippen LogP contribution in [0.1, 0.15) is 11.5 Å². The number of para-hydroxylation sites is 1. The van der Waals surface area contributed by atoms with Crippen LogP contribution in [0.3, 0.4) is 0 Å². The van der Waals surface area contributed by atoms with Gasteiger partial charge in [-0.1, -0.05) is 18.2 Å². The second kappa shape index (κ2) is 4.56. The molecule has 0 fully saturated rings. The van der Waals surface area contributed by atoms with Crippen molar-refractivity contribution in [2.75, 3.05) is 31.6 Å². The highest BCUT2D eigenvalue weighted by atomic mass is 19.4. The monoisotopic (exact) mass is 244 g/mol. The van der Waals surface area contributed by atoms with E-state index in [0.29, 0.717) is 24.3 Å². The Morgan fingerprint density at radius 2 is 2.06 bits per heavy atom. The fourth-order valence-electron chi connectivity index (χ4n) is 2.23. The molecule has 2 nitrogen and oxygen atoms in total. The molecule has 1 heterocycles. The summed E-state index contributed by atoms with van der Waals surface area (Å²) in [5.41, 5.74) is 1.11. The Hall–Kier alpha value is -1.23. The first kappa shape index (κ1) is 12.2. The standard InChI is InChI=1S/C12H15F3N2/c1-16-6-7-17-8-10(12(13,14)15)9-4-2-3-5-11(9)17/h2-5,10,16H,6-8H2,1H3. The Morgan fingerprint density at radius 3 is 2.71 bits per heavy atom. The summed E-state index contributed by atoms with van der Waals surface area (Å²) in [5, 5.41) is 2.96. The van der Waals surface area contributed by atoms with Gasteiger partial charge in [-0.05, 0) is 18.7 Å². The molecule has 5 heteroatoms. The van der Waals surface area contributed by atoms with Gasteiger partial charge < -0.3 is 10.2 Å². The molecule has 1 aromatic carbocycles. The summed E-state index contributed by atoms with van der Waals surface area (Å²) in [6.07, 6.45) is -4.16. The van der Waals surface area contributed by atoms with Crippen LogP contribution in [-0.4, -0.2) is 32.9 Å². The Morgan fingerprint density at radius 1 is 1.35 bits per heavy atom. The highest BCUT2D eigenvalue weighted by Crippen LogP contribution is 2.44. The number of fused-ring (bicyclic) bond motifs is 1. The van der Waals surface area contributed by atoms with Gasteiger partial charge in [-0.25, -0.2) is 0 Å². The Labute approximate surface area is 98.4 Å². The number of benzene rings is 1. The lowest BCUT2D eigenvalue weighted by molar-refractivity contribution is -0.146.